The highest BCUT2D eigenvalue weighted by Gasteiger charge is 2.35. The van der Waals surface area contributed by atoms with E-state index < -0.39 is 29.2 Å². The second-order valence-corrected chi connectivity index (χ2v) is 6.35. The van der Waals surface area contributed by atoms with E-state index in [2.05, 4.69) is 21.2 Å². The van der Waals surface area contributed by atoms with Crippen LogP contribution in [0.5, 0.6) is 0 Å². The van der Waals surface area contributed by atoms with Crippen molar-refractivity contribution in [3.05, 3.63) is 62.6 Å². The average Bonchev–Trinajstić information content (AvgIpc) is 2.49. The van der Waals surface area contributed by atoms with Crippen molar-refractivity contribution in [1.82, 2.24) is 0 Å². The Hall–Kier alpha value is -2.35. The van der Waals surface area contributed by atoms with Crippen molar-refractivity contribution in [2.45, 2.75) is 20.0 Å². The van der Waals surface area contributed by atoms with Crippen LogP contribution in [-0.2, 0) is 6.18 Å². The van der Waals surface area contributed by atoms with Crippen molar-refractivity contribution < 1.29 is 27.9 Å². The summed E-state index contributed by atoms with van der Waals surface area (Å²) in [5, 5.41) is 11.5. The molecule has 0 radical (unpaired) electrons. The molecule has 2 N–H and O–H groups in total. The lowest BCUT2D eigenvalue weighted by Crippen LogP contribution is -2.20. The number of carboxylic acids is 1. The van der Waals surface area contributed by atoms with Gasteiger partial charge in [-0.2, -0.15) is 13.2 Å². The summed E-state index contributed by atoms with van der Waals surface area (Å²) in [6.45, 7) is 3.14. The summed E-state index contributed by atoms with van der Waals surface area (Å²) < 4.78 is 39.7. The van der Waals surface area contributed by atoms with Gasteiger partial charge in [0.1, 0.15) is 0 Å². The molecular formula is C17H13BrF3NO3. The van der Waals surface area contributed by atoms with E-state index in [0.717, 1.165) is 12.1 Å². The molecule has 0 unspecified atom stereocenters. The summed E-state index contributed by atoms with van der Waals surface area (Å²) in [6, 6.07) is 5.81. The minimum atomic E-state index is -4.68. The highest BCUT2D eigenvalue weighted by molar-refractivity contribution is 9.10. The number of rotatable bonds is 3. The predicted molar refractivity (Wildman–Crippen MR) is 90.0 cm³/mol. The van der Waals surface area contributed by atoms with Gasteiger partial charge < -0.3 is 10.4 Å². The fraction of sp³-hybridized carbons (Fsp3) is 0.176. The summed E-state index contributed by atoms with van der Waals surface area (Å²) in [6.07, 6.45) is -4.68. The fourth-order valence-corrected chi connectivity index (χ4v) is 2.78. The Bertz CT molecular complexity index is 840. The van der Waals surface area contributed by atoms with Gasteiger partial charge in [0.25, 0.3) is 5.91 Å². The highest BCUT2D eigenvalue weighted by atomic mass is 79.9. The normalized spacial score (nSPS) is 11.3. The first-order chi connectivity index (χ1) is 11.5. The summed E-state index contributed by atoms with van der Waals surface area (Å²) >= 11 is 3.06. The lowest BCUT2D eigenvalue weighted by atomic mass is 10.0. The maximum Gasteiger partial charge on any atom is 0.417 e. The van der Waals surface area contributed by atoms with Crippen molar-refractivity contribution in [2.75, 3.05) is 5.32 Å². The fourth-order valence-electron chi connectivity index (χ4n) is 2.42. The lowest BCUT2D eigenvalue weighted by molar-refractivity contribution is -0.137. The summed E-state index contributed by atoms with van der Waals surface area (Å²) in [5.41, 5.74) is -0.383. The van der Waals surface area contributed by atoms with E-state index in [4.69, 9.17) is 5.11 Å². The van der Waals surface area contributed by atoms with E-state index in [1.165, 1.54) is 18.2 Å². The second kappa shape index (κ2) is 6.87. The Morgan fingerprint density at radius 1 is 1.08 bits per heavy atom. The molecule has 0 saturated carbocycles. The summed E-state index contributed by atoms with van der Waals surface area (Å²) in [5.74, 6) is -2.06. The highest BCUT2D eigenvalue weighted by Crippen LogP contribution is 2.34. The van der Waals surface area contributed by atoms with Gasteiger partial charge in [0, 0.05) is 10.2 Å². The number of benzene rings is 2. The third kappa shape index (κ3) is 4.19. The molecular weight excluding hydrogens is 403 g/mol. The molecule has 0 saturated heterocycles. The SMILES string of the molecule is Cc1cc(C(=O)O)cc(C)c1NC(=O)c1cc(Br)ccc1C(F)(F)F. The number of carbonyl (C=O) groups is 2. The zero-order valence-corrected chi connectivity index (χ0v) is 14.7. The molecule has 8 heteroatoms. The molecule has 1 amide bonds. The van der Waals surface area contributed by atoms with Crippen LogP contribution < -0.4 is 5.32 Å². The molecule has 0 bridgehead atoms. The Morgan fingerprint density at radius 3 is 2.12 bits per heavy atom. The standard InChI is InChI=1S/C17H13BrF3NO3/c1-8-5-10(16(24)25)6-9(2)14(8)22-15(23)12-7-11(18)3-4-13(12)17(19,20)21/h3-7H,1-2H3,(H,22,23)(H,24,25). The van der Waals surface area contributed by atoms with Gasteiger partial charge in [0.05, 0.1) is 16.7 Å². The number of carboxylic acid groups (broad SMARTS) is 1. The van der Waals surface area contributed by atoms with Gasteiger partial charge in [-0.3, -0.25) is 4.79 Å². The van der Waals surface area contributed by atoms with Crippen molar-refractivity contribution in [1.29, 1.82) is 0 Å². The van der Waals surface area contributed by atoms with Gasteiger partial charge in [-0.15, -0.1) is 0 Å². The van der Waals surface area contributed by atoms with Crippen LogP contribution in [-0.4, -0.2) is 17.0 Å². The van der Waals surface area contributed by atoms with Gasteiger partial charge in [-0.1, -0.05) is 15.9 Å². The van der Waals surface area contributed by atoms with Gasteiger partial charge in [0.2, 0.25) is 0 Å². The first-order valence-electron chi connectivity index (χ1n) is 7.03. The van der Waals surface area contributed by atoms with E-state index in [9.17, 15) is 22.8 Å². The number of halogens is 4. The molecule has 25 heavy (non-hydrogen) atoms. The Labute approximate surface area is 149 Å². The van der Waals surface area contributed by atoms with E-state index in [1.807, 2.05) is 0 Å². The smallest absolute Gasteiger partial charge is 0.417 e. The second-order valence-electron chi connectivity index (χ2n) is 5.43. The zero-order valence-electron chi connectivity index (χ0n) is 13.2. The van der Waals surface area contributed by atoms with Crippen LogP contribution in [0.4, 0.5) is 18.9 Å². The zero-order chi connectivity index (χ0) is 18.9. The monoisotopic (exact) mass is 415 g/mol. The number of nitrogens with one attached hydrogen (secondary N) is 1. The number of carbonyl (C=O) groups excluding carboxylic acids is 1. The Balaban J connectivity index is 2.45. The summed E-state index contributed by atoms with van der Waals surface area (Å²) in [7, 11) is 0. The Morgan fingerprint density at radius 2 is 1.64 bits per heavy atom. The van der Waals surface area contributed by atoms with Crippen LogP contribution >= 0.6 is 15.9 Å². The number of amides is 1. The maximum atomic E-state index is 13.1. The van der Waals surface area contributed by atoms with Crippen LogP contribution in [0.3, 0.4) is 0 Å². The molecule has 0 spiro atoms. The van der Waals surface area contributed by atoms with Crippen molar-refractivity contribution in [3.8, 4) is 0 Å². The van der Waals surface area contributed by atoms with E-state index in [1.54, 1.807) is 13.8 Å². The van der Waals surface area contributed by atoms with Crippen LogP contribution in [0.2, 0.25) is 0 Å². The van der Waals surface area contributed by atoms with E-state index >= 15 is 0 Å². The van der Waals surface area contributed by atoms with Gasteiger partial charge in [0.15, 0.2) is 0 Å². The quantitative estimate of drug-likeness (QED) is 0.738. The number of anilines is 1. The molecule has 0 aliphatic carbocycles. The topological polar surface area (TPSA) is 66.4 Å². The predicted octanol–water partition coefficient (Wildman–Crippen LogP) is 5.04. The number of alkyl halides is 3. The van der Waals surface area contributed by atoms with E-state index in [0.29, 0.717) is 15.6 Å². The van der Waals surface area contributed by atoms with Gasteiger partial charge >= 0.3 is 12.1 Å². The van der Waals surface area contributed by atoms with Crippen LogP contribution in [0.15, 0.2) is 34.8 Å². The number of hydrogen-bond donors (Lipinski definition) is 2. The third-order valence-electron chi connectivity index (χ3n) is 3.55. The number of aryl methyl sites for hydroxylation is 2. The largest absolute Gasteiger partial charge is 0.478 e. The molecule has 4 nitrogen and oxygen atoms in total. The molecule has 2 aromatic rings. The molecule has 2 aromatic carbocycles. The molecule has 0 heterocycles. The molecule has 132 valence electrons. The van der Waals surface area contributed by atoms with Crippen molar-refractivity contribution >= 4 is 33.5 Å². The van der Waals surface area contributed by atoms with Crippen LogP contribution in [0.25, 0.3) is 0 Å². The maximum absolute atomic E-state index is 13.1. The van der Waals surface area contributed by atoms with Crippen LogP contribution in [0.1, 0.15) is 37.4 Å². The number of aromatic carboxylic acids is 1. The molecule has 0 aromatic heterocycles. The van der Waals surface area contributed by atoms with Gasteiger partial charge in [-0.25, -0.2) is 4.79 Å². The summed E-state index contributed by atoms with van der Waals surface area (Å²) in [4.78, 5) is 23.4. The van der Waals surface area contributed by atoms with Gasteiger partial charge in [-0.05, 0) is 55.3 Å². The molecule has 0 aliphatic rings. The molecule has 0 atom stereocenters. The van der Waals surface area contributed by atoms with Crippen molar-refractivity contribution in [3.63, 3.8) is 0 Å². The van der Waals surface area contributed by atoms with Crippen LogP contribution in [0, 0.1) is 13.8 Å². The molecule has 2 rings (SSSR count). The van der Waals surface area contributed by atoms with Crippen molar-refractivity contribution in [2.24, 2.45) is 0 Å². The third-order valence-corrected chi connectivity index (χ3v) is 4.04. The van der Waals surface area contributed by atoms with E-state index in [-0.39, 0.29) is 11.3 Å². The number of hydrogen-bond acceptors (Lipinski definition) is 2. The molecule has 0 fully saturated rings. The first-order valence-corrected chi connectivity index (χ1v) is 7.82. The molecule has 0 aliphatic heterocycles. The Kier molecular flexibility index (Phi) is 5.22. The lowest BCUT2D eigenvalue weighted by Gasteiger charge is -2.16. The minimum absolute atomic E-state index is 0.0337. The average molecular weight is 416 g/mol. The minimum Gasteiger partial charge on any atom is -0.478 e. The first kappa shape index (κ1) is 19.0.